The Morgan fingerprint density at radius 1 is 0.583 bits per heavy atom. The van der Waals surface area contributed by atoms with Gasteiger partial charge in [0, 0.05) is 41.4 Å². The van der Waals surface area contributed by atoms with Crippen LogP contribution in [0.4, 0.5) is 5.88 Å². The molecular formula is C30H23NO5. The number of hydrogen-bond donors (Lipinski definition) is 0. The van der Waals surface area contributed by atoms with Gasteiger partial charge >= 0.3 is 5.63 Å². The zero-order chi connectivity index (χ0) is 24.5. The first-order valence-corrected chi connectivity index (χ1v) is 11.9. The number of rotatable bonds is 1. The smallest absolute Gasteiger partial charge is 0.336 e. The molecule has 0 unspecified atom stereocenters. The minimum absolute atomic E-state index is 0.00324. The zero-order valence-corrected chi connectivity index (χ0v) is 19.5. The summed E-state index contributed by atoms with van der Waals surface area (Å²) in [5.74, 6) is 0.632. The van der Waals surface area contributed by atoms with Gasteiger partial charge in [-0.3, -0.25) is 4.79 Å². The molecule has 178 valence electrons. The summed E-state index contributed by atoms with van der Waals surface area (Å²) in [7, 11) is 0. The molecule has 0 saturated carbocycles. The number of fused-ring (bicyclic) bond motifs is 6. The van der Waals surface area contributed by atoms with Crippen LogP contribution in [0.1, 0.15) is 0 Å². The number of ether oxygens (including phenoxy) is 1. The van der Waals surface area contributed by atoms with Crippen molar-refractivity contribution in [2.24, 2.45) is 0 Å². The lowest BCUT2D eigenvalue weighted by Gasteiger charge is -2.27. The van der Waals surface area contributed by atoms with Crippen molar-refractivity contribution in [3.63, 3.8) is 0 Å². The lowest BCUT2D eigenvalue weighted by molar-refractivity contribution is 0.121. The molecule has 2 aromatic heterocycles. The number of anilines is 1. The van der Waals surface area contributed by atoms with Crippen LogP contribution in [0.3, 0.4) is 0 Å². The summed E-state index contributed by atoms with van der Waals surface area (Å²) in [6, 6.07) is 28.4. The van der Waals surface area contributed by atoms with Crippen molar-refractivity contribution in [1.82, 2.24) is 0 Å². The van der Waals surface area contributed by atoms with Crippen molar-refractivity contribution >= 4 is 49.4 Å². The summed E-state index contributed by atoms with van der Waals surface area (Å²) in [5, 5.41) is 5.69. The molecule has 0 aliphatic carbocycles. The van der Waals surface area contributed by atoms with Crippen LogP contribution in [-0.4, -0.2) is 26.3 Å². The summed E-state index contributed by atoms with van der Waals surface area (Å²) in [6.45, 7) is 2.83. The Labute approximate surface area is 205 Å². The molecule has 4 aromatic carbocycles. The van der Waals surface area contributed by atoms with Gasteiger partial charge in [-0.2, -0.15) is 0 Å². The molecule has 6 nitrogen and oxygen atoms in total. The van der Waals surface area contributed by atoms with Gasteiger partial charge in [-0.1, -0.05) is 66.7 Å². The van der Waals surface area contributed by atoms with E-state index < -0.39 is 0 Å². The highest BCUT2D eigenvalue weighted by molar-refractivity contribution is 6.04. The van der Waals surface area contributed by atoms with Crippen LogP contribution in [0.15, 0.2) is 109 Å². The Hall–Kier alpha value is -4.42. The predicted octanol–water partition coefficient (Wildman–Crippen LogP) is 5.73. The number of nitrogens with zero attached hydrogens (tertiary/aromatic N) is 1. The molecule has 3 heterocycles. The third-order valence-corrected chi connectivity index (χ3v) is 6.44. The Morgan fingerprint density at radius 2 is 1.19 bits per heavy atom. The Bertz CT molecular complexity index is 1830. The summed E-state index contributed by atoms with van der Waals surface area (Å²) >= 11 is 0. The van der Waals surface area contributed by atoms with Gasteiger partial charge in [0.05, 0.1) is 18.6 Å². The average molecular weight is 478 g/mol. The zero-order valence-electron chi connectivity index (χ0n) is 19.5. The maximum absolute atomic E-state index is 12.4. The number of benzene rings is 4. The second-order valence-corrected chi connectivity index (χ2v) is 8.67. The fourth-order valence-electron chi connectivity index (χ4n) is 4.61. The van der Waals surface area contributed by atoms with E-state index in [0.29, 0.717) is 35.7 Å². The van der Waals surface area contributed by atoms with Crippen LogP contribution in [0, 0.1) is 0 Å². The Morgan fingerprint density at radius 3 is 1.94 bits per heavy atom. The number of morpholine rings is 1. The fraction of sp³-hybridized carbons (Fsp3) is 0.133. The molecule has 7 rings (SSSR count). The SMILES string of the molecule is O=c1cc(N2CCOCC2)oc2c1ccc1ccccc12.O=c1ccc2ccc3ccccc3c2o1. The van der Waals surface area contributed by atoms with Crippen molar-refractivity contribution in [3.8, 4) is 0 Å². The molecule has 36 heavy (non-hydrogen) atoms. The Kier molecular flexibility index (Phi) is 5.71. The van der Waals surface area contributed by atoms with E-state index in [0.717, 1.165) is 40.0 Å². The van der Waals surface area contributed by atoms with Crippen LogP contribution < -0.4 is 16.0 Å². The highest BCUT2D eigenvalue weighted by atomic mass is 16.5. The molecule has 0 N–H and O–H groups in total. The molecule has 6 heteroatoms. The highest BCUT2D eigenvalue weighted by Crippen LogP contribution is 2.27. The topological polar surface area (TPSA) is 72.9 Å². The molecule has 0 atom stereocenters. The van der Waals surface area contributed by atoms with E-state index in [1.165, 1.54) is 6.07 Å². The first-order valence-electron chi connectivity index (χ1n) is 11.9. The first-order chi connectivity index (χ1) is 17.7. The van der Waals surface area contributed by atoms with E-state index in [9.17, 15) is 9.59 Å². The maximum Gasteiger partial charge on any atom is 0.336 e. The summed E-state index contributed by atoms with van der Waals surface area (Å²) in [4.78, 5) is 25.6. The van der Waals surface area contributed by atoms with E-state index in [1.807, 2.05) is 72.8 Å². The lowest BCUT2D eigenvalue weighted by atomic mass is 10.1. The average Bonchev–Trinajstić information content (AvgIpc) is 2.93. The number of hydrogen-bond acceptors (Lipinski definition) is 6. The van der Waals surface area contributed by atoms with Crippen molar-refractivity contribution in [1.29, 1.82) is 0 Å². The molecule has 6 aromatic rings. The minimum Gasteiger partial charge on any atom is -0.440 e. The van der Waals surface area contributed by atoms with E-state index in [1.54, 1.807) is 12.1 Å². The fourth-order valence-corrected chi connectivity index (χ4v) is 4.61. The van der Waals surface area contributed by atoms with Crippen molar-refractivity contribution < 1.29 is 13.6 Å². The normalized spacial score (nSPS) is 13.7. The van der Waals surface area contributed by atoms with Crippen molar-refractivity contribution in [2.45, 2.75) is 0 Å². The van der Waals surface area contributed by atoms with Gasteiger partial charge in [0.25, 0.3) is 0 Å². The van der Waals surface area contributed by atoms with Crippen LogP contribution in [0.25, 0.3) is 43.5 Å². The molecule has 1 aliphatic heterocycles. The lowest BCUT2D eigenvalue weighted by Crippen LogP contribution is -2.36. The molecule has 0 spiro atoms. The Balaban J connectivity index is 0.000000141. The molecule has 0 radical (unpaired) electrons. The molecular weight excluding hydrogens is 454 g/mol. The maximum atomic E-state index is 12.4. The first kappa shape index (κ1) is 22.1. The van der Waals surface area contributed by atoms with Gasteiger partial charge in [-0.25, -0.2) is 4.79 Å². The highest BCUT2D eigenvalue weighted by Gasteiger charge is 2.16. The summed E-state index contributed by atoms with van der Waals surface area (Å²) < 4.78 is 16.6. The molecule has 1 aliphatic rings. The summed E-state index contributed by atoms with van der Waals surface area (Å²) in [5.41, 5.74) is 1.03. The van der Waals surface area contributed by atoms with E-state index in [-0.39, 0.29) is 11.1 Å². The van der Waals surface area contributed by atoms with Crippen molar-refractivity contribution in [3.05, 3.63) is 112 Å². The molecule has 1 saturated heterocycles. The van der Waals surface area contributed by atoms with Crippen LogP contribution in [0.5, 0.6) is 0 Å². The monoisotopic (exact) mass is 477 g/mol. The quantitative estimate of drug-likeness (QED) is 0.223. The van der Waals surface area contributed by atoms with Crippen LogP contribution in [-0.2, 0) is 4.74 Å². The van der Waals surface area contributed by atoms with Gasteiger partial charge in [-0.05, 0) is 22.9 Å². The second kappa shape index (κ2) is 9.32. The molecule has 0 bridgehead atoms. The van der Waals surface area contributed by atoms with E-state index >= 15 is 0 Å². The standard InChI is InChI=1S/C17H15NO3.C13H8O2/c19-15-11-16(18-7-9-20-10-8-18)21-17-13-4-2-1-3-12(13)5-6-14(15)17;14-12-8-7-10-6-5-9-3-1-2-4-11(9)13(10)15-12/h1-6,11H,7-10H2;1-8H. The molecule has 0 amide bonds. The van der Waals surface area contributed by atoms with Gasteiger partial charge in [0.1, 0.15) is 11.2 Å². The van der Waals surface area contributed by atoms with Crippen LogP contribution in [0.2, 0.25) is 0 Å². The molecule has 1 fully saturated rings. The predicted molar refractivity (Wildman–Crippen MR) is 143 cm³/mol. The van der Waals surface area contributed by atoms with Crippen molar-refractivity contribution in [2.75, 3.05) is 31.2 Å². The van der Waals surface area contributed by atoms with Gasteiger partial charge in [0.15, 0.2) is 11.3 Å². The van der Waals surface area contributed by atoms with E-state index in [4.69, 9.17) is 13.6 Å². The largest absolute Gasteiger partial charge is 0.440 e. The third kappa shape index (κ3) is 4.12. The third-order valence-electron chi connectivity index (χ3n) is 6.44. The van der Waals surface area contributed by atoms with Gasteiger partial charge in [0.2, 0.25) is 0 Å². The van der Waals surface area contributed by atoms with Gasteiger partial charge < -0.3 is 18.5 Å². The summed E-state index contributed by atoms with van der Waals surface area (Å²) in [6.07, 6.45) is 0. The minimum atomic E-state index is -0.307. The van der Waals surface area contributed by atoms with E-state index in [2.05, 4.69) is 4.90 Å². The van der Waals surface area contributed by atoms with Gasteiger partial charge in [-0.15, -0.1) is 0 Å². The van der Waals surface area contributed by atoms with Crippen LogP contribution >= 0.6 is 0 Å². The second-order valence-electron chi connectivity index (χ2n) is 8.67.